The van der Waals surface area contributed by atoms with Gasteiger partial charge < -0.3 is 14.7 Å². The number of hydrogen-bond acceptors (Lipinski definition) is 5. The fourth-order valence-corrected chi connectivity index (χ4v) is 2.60. The number of rotatable bonds is 8. The molecule has 0 heterocycles. The van der Waals surface area contributed by atoms with Gasteiger partial charge in [0.25, 0.3) is 0 Å². The first-order chi connectivity index (χ1) is 13.0. The molecule has 0 radical (unpaired) electrons. The van der Waals surface area contributed by atoms with Crippen LogP contribution in [0.15, 0.2) is 65.8 Å². The highest BCUT2D eigenvalue weighted by Crippen LogP contribution is 2.18. The number of oxime groups is 1. The summed E-state index contributed by atoms with van der Waals surface area (Å²) in [5.41, 5.74) is -0.198. The molecule has 0 aliphatic rings. The predicted molar refractivity (Wildman–Crippen MR) is 100 cm³/mol. The van der Waals surface area contributed by atoms with Crippen LogP contribution in [0.5, 0.6) is 0 Å². The highest BCUT2D eigenvalue weighted by atomic mass is 16.6. The van der Waals surface area contributed by atoms with E-state index in [4.69, 9.17) is 9.57 Å². The number of carbonyl (C=O) groups is 2. The van der Waals surface area contributed by atoms with Gasteiger partial charge >= 0.3 is 12.1 Å². The minimum absolute atomic E-state index is 0.0116. The summed E-state index contributed by atoms with van der Waals surface area (Å²) >= 11 is 0. The summed E-state index contributed by atoms with van der Waals surface area (Å²) in [6, 6.07) is 18.1. The molecule has 0 saturated carbocycles. The molecule has 1 amide bonds. The first-order valence-electron chi connectivity index (χ1n) is 8.32. The van der Waals surface area contributed by atoms with E-state index in [0.717, 1.165) is 5.56 Å². The van der Waals surface area contributed by atoms with E-state index in [0.29, 0.717) is 5.56 Å². The minimum Gasteiger partial charge on any atom is -0.479 e. The number of carboxylic acid groups (broad SMARTS) is 1. The topological polar surface area (TPSA) is 97.2 Å². The Morgan fingerprint density at radius 3 is 2.11 bits per heavy atom. The van der Waals surface area contributed by atoms with Gasteiger partial charge in [-0.15, -0.1) is 0 Å². The van der Waals surface area contributed by atoms with Gasteiger partial charge in [0.1, 0.15) is 13.7 Å². The summed E-state index contributed by atoms with van der Waals surface area (Å²) in [5, 5.41) is 16.1. The van der Waals surface area contributed by atoms with E-state index < -0.39 is 17.6 Å². The monoisotopic (exact) mass is 370 g/mol. The van der Waals surface area contributed by atoms with Crippen molar-refractivity contribution in [2.24, 2.45) is 5.16 Å². The minimum atomic E-state index is -1.80. The van der Waals surface area contributed by atoms with Crippen LogP contribution in [-0.4, -0.2) is 35.5 Å². The normalized spacial score (nSPS) is 13.3. The number of amides is 1. The van der Waals surface area contributed by atoms with Crippen LogP contribution in [0.4, 0.5) is 4.79 Å². The van der Waals surface area contributed by atoms with E-state index >= 15 is 0 Å². The Kier molecular flexibility index (Phi) is 6.93. The Labute approximate surface area is 157 Å². The summed E-state index contributed by atoms with van der Waals surface area (Å²) < 4.78 is 5.19. The summed E-state index contributed by atoms with van der Waals surface area (Å²) in [5.74, 6) is -1.26. The molecule has 2 aromatic rings. The molecule has 7 nitrogen and oxygen atoms in total. The maximum Gasteiger partial charge on any atom is 0.408 e. The van der Waals surface area contributed by atoms with Crippen LogP contribution in [0.1, 0.15) is 18.1 Å². The standard InChI is InChI=1S/C20H22N2O5/c1-15(22-26-2)20(18(23)24,13-16-9-5-3-6-10-16)21-19(25)27-14-17-11-7-4-8-12-17/h3-12H,13-14H2,1-2H3,(H,21,25)(H,23,24). The van der Waals surface area contributed by atoms with E-state index in [1.807, 2.05) is 24.3 Å². The summed E-state index contributed by atoms with van der Waals surface area (Å²) in [6.07, 6.45) is -0.870. The molecule has 1 atom stereocenters. The van der Waals surface area contributed by atoms with Crippen LogP contribution in [0, 0.1) is 0 Å². The smallest absolute Gasteiger partial charge is 0.408 e. The molecule has 7 heteroatoms. The maximum atomic E-state index is 12.3. The molecule has 142 valence electrons. The zero-order valence-electron chi connectivity index (χ0n) is 15.2. The third-order valence-corrected chi connectivity index (χ3v) is 4.05. The number of alkyl carbamates (subject to hydrolysis) is 1. The zero-order valence-corrected chi connectivity index (χ0v) is 15.2. The van der Waals surface area contributed by atoms with Crippen LogP contribution >= 0.6 is 0 Å². The second-order valence-corrected chi connectivity index (χ2v) is 5.92. The molecule has 0 aromatic heterocycles. The van der Waals surface area contributed by atoms with Crippen LogP contribution in [0.3, 0.4) is 0 Å². The van der Waals surface area contributed by atoms with Gasteiger partial charge in [0.2, 0.25) is 0 Å². The first kappa shape index (κ1) is 20.0. The molecule has 0 bridgehead atoms. The summed E-state index contributed by atoms with van der Waals surface area (Å²) in [7, 11) is 1.31. The largest absolute Gasteiger partial charge is 0.479 e. The van der Waals surface area contributed by atoms with Gasteiger partial charge in [-0.3, -0.25) is 5.32 Å². The van der Waals surface area contributed by atoms with Crippen LogP contribution in [0.2, 0.25) is 0 Å². The lowest BCUT2D eigenvalue weighted by atomic mass is 9.86. The third kappa shape index (κ3) is 5.31. The van der Waals surface area contributed by atoms with Gasteiger partial charge in [0.05, 0.1) is 5.71 Å². The molecule has 0 spiro atoms. The average molecular weight is 370 g/mol. The van der Waals surface area contributed by atoms with E-state index in [2.05, 4.69) is 10.5 Å². The number of carboxylic acids is 1. The van der Waals surface area contributed by atoms with E-state index in [1.165, 1.54) is 14.0 Å². The second-order valence-electron chi connectivity index (χ2n) is 5.92. The van der Waals surface area contributed by atoms with Gasteiger partial charge in [0.15, 0.2) is 5.54 Å². The van der Waals surface area contributed by atoms with Crippen molar-refractivity contribution in [2.45, 2.75) is 25.5 Å². The summed E-state index contributed by atoms with van der Waals surface area (Å²) in [4.78, 5) is 29.2. The lowest BCUT2D eigenvalue weighted by molar-refractivity contribution is -0.141. The quantitative estimate of drug-likeness (QED) is 0.550. The van der Waals surface area contributed by atoms with E-state index in [9.17, 15) is 14.7 Å². The molecular weight excluding hydrogens is 348 g/mol. The number of benzene rings is 2. The highest BCUT2D eigenvalue weighted by molar-refractivity contribution is 6.11. The number of nitrogens with one attached hydrogen (secondary N) is 1. The predicted octanol–water partition coefficient (Wildman–Crippen LogP) is 3.00. The number of carbonyl (C=O) groups excluding carboxylic acids is 1. The van der Waals surface area contributed by atoms with Gasteiger partial charge in [-0.05, 0) is 18.1 Å². The number of hydrogen-bond donors (Lipinski definition) is 2. The van der Waals surface area contributed by atoms with Gasteiger partial charge in [-0.25, -0.2) is 9.59 Å². The molecule has 0 aliphatic carbocycles. The molecule has 2 N–H and O–H groups in total. The Morgan fingerprint density at radius 2 is 1.59 bits per heavy atom. The number of nitrogens with zero attached hydrogens (tertiary/aromatic N) is 1. The van der Waals surface area contributed by atoms with Crippen molar-refractivity contribution in [3.63, 3.8) is 0 Å². The maximum absolute atomic E-state index is 12.3. The molecule has 2 aromatic carbocycles. The van der Waals surface area contributed by atoms with Crippen molar-refractivity contribution >= 4 is 17.8 Å². The molecule has 2 rings (SSSR count). The van der Waals surface area contributed by atoms with Crippen molar-refractivity contribution in [3.05, 3.63) is 71.8 Å². The van der Waals surface area contributed by atoms with Crippen molar-refractivity contribution in [1.29, 1.82) is 0 Å². The molecular formula is C20H22N2O5. The van der Waals surface area contributed by atoms with Crippen LogP contribution < -0.4 is 5.32 Å². The molecule has 0 aliphatic heterocycles. The Balaban J connectivity index is 2.23. The lowest BCUT2D eigenvalue weighted by Crippen LogP contribution is -2.61. The van der Waals surface area contributed by atoms with Crippen LogP contribution in [0.25, 0.3) is 0 Å². The molecule has 0 fully saturated rings. The molecule has 0 saturated heterocycles. The van der Waals surface area contributed by atoms with Gasteiger partial charge in [0, 0.05) is 6.42 Å². The van der Waals surface area contributed by atoms with E-state index in [1.54, 1.807) is 36.4 Å². The van der Waals surface area contributed by atoms with Crippen molar-refractivity contribution in [3.8, 4) is 0 Å². The number of ether oxygens (including phenoxy) is 1. The fraction of sp³-hybridized carbons (Fsp3) is 0.250. The third-order valence-electron chi connectivity index (χ3n) is 4.05. The van der Waals surface area contributed by atoms with Crippen molar-refractivity contribution < 1.29 is 24.3 Å². The van der Waals surface area contributed by atoms with Gasteiger partial charge in [-0.2, -0.15) is 0 Å². The molecule has 27 heavy (non-hydrogen) atoms. The molecule has 1 unspecified atom stereocenters. The Hall–Kier alpha value is -3.35. The van der Waals surface area contributed by atoms with Crippen LogP contribution in [-0.2, 0) is 27.4 Å². The SMILES string of the molecule is CON=C(C)C(Cc1ccccc1)(NC(=O)OCc1ccccc1)C(=O)O. The highest BCUT2D eigenvalue weighted by Gasteiger charge is 2.44. The first-order valence-corrected chi connectivity index (χ1v) is 8.32. The van der Waals surface area contributed by atoms with E-state index in [-0.39, 0.29) is 18.7 Å². The summed E-state index contributed by atoms with van der Waals surface area (Å²) in [6.45, 7) is 1.51. The van der Waals surface area contributed by atoms with Gasteiger partial charge in [-0.1, -0.05) is 65.8 Å². The number of aliphatic carboxylic acids is 1. The lowest BCUT2D eigenvalue weighted by Gasteiger charge is -2.29. The van der Waals surface area contributed by atoms with Crippen molar-refractivity contribution in [2.75, 3.05) is 7.11 Å². The second kappa shape index (κ2) is 9.38. The zero-order chi connectivity index (χ0) is 19.7. The fourth-order valence-electron chi connectivity index (χ4n) is 2.60. The average Bonchev–Trinajstić information content (AvgIpc) is 2.67. The Morgan fingerprint density at radius 1 is 1.04 bits per heavy atom. The van der Waals surface area contributed by atoms with Crippen molar-refractivity contribution in [1.82, 2.24) is 5.32 Å². The Bertz CT molecular complexity index is 793.